The predicted octanol–water partition coefficient (Wildman–Crippen LogP) is 2.15. The molecule has 5 heteroatoms. The second kappa shape index (κ2) is 8.94. The van der Waals surface area contributed by atoms with Crippen molar-refractivity contribution in [3.05, 3.63) is 59.7 Å². The number of benzene rings is 2. The van der Waals surface area contributed by atoms with Crippen LogP contribution in [0.1, 0.15) is 15.9 Å². The fourth-order valence-corrected chi connectivity index (χ4v) is 3.26. The summed E-state index contributed by atoms with van der Waals surface area (Å²) in [4.78, 5) is 14.7. The summed E-state index contributed by atoms with van der Waals surface area (Å²) < 4.78 is 5.59. The molecule has 2 N–H and O–H groups in total. The lowest BCUT2D eigenvalue weighted by Gasteiger charge is -2.19. The average Bonchev–Trinajstić information content (AvgIpc) is 2.90. The van der Waals surface area contributed by atoms with Crippen LogP contribution in [0.3, 0.4) is 0 Å². The van der Waals surface area contributed by atoms with Gasteiger partial charge >= 0.3 is 0 Å². The topological polar surface area (TPSA) is 61.8 Å². The number of aliphatic hydroxyl groups is 1. The van der Waals surface area contributed by atoms with E-state index in [-0.39, 0.29) is 12.5 Å². The number of aliphatic hydroxyl groups excluding tert-OH is 1. The molecule has 1 fully saturated rings. The van der Waals surface area contributed by atoms with Gasteiger partial charge in [-0.2, -0.15) is 0 Å². The molecule has 0 saturated carbocycles. The lowest BCUT2D eigenvalue weighted by Crippen LogP contribution is -2.35. The fraction of sp³-hybridized carbons (Fsp3) is 0.381. The number of carbonyl (C=O) groups is 1. The fourth-order valence-electron chi connectivity index (χ4n) is 3.26. The van der Waals surface area contributed by atoms with E-state index >= 15 is 0 Å². The summed E-state index contributed by atoms with van der Waals surface area (Å²) in [5.74, 6) is 0.237. The zero-order chi connectivity index (χ0) is 18.4. The molecule has 2 aromatic rings. The van der Waals surface area contributed by atoms with Crippen LogP contribution >= 0.6 is 0 Å². The number of likely N-dealkylation sites (N-methyl/N-ethyl adjacent to an activating group) is 1. The van der Waals surface area contributed by atoms with Crippen LogP contribution in [0.25, 0.3) is 11.1 Å². The first-order valence-electron chi connectivity index (χ1n) is 9.01. The second-order valence-electron chi connectivity index (χ2n) is 6.81. The highest BCUT2D eigenvalue weighted by molar-refractivity contribution is 5.94. The first-order valence-corrected chi connectivity index (χ1v) is 9.01. The minimum atomic E-state index is -0.0705. The molecule has 0 unspecified atom stereocenters. The van der Waals surface area contributed by atoms with Gasteiger partial charge in [0.15, 0.2) is 0 Å². The number of hydrogen-bond acceptors (Lipinski definition) is 4. The van der Waals surface area contributed by atoms with E-state index in [1.165, 1.54) is 0 Å². The lowest BCUT2D eigenvalue weighted by molar-refractivity contribution is 0.0921. The second-order valence-corrected chi connectivity index (χ2v) is 6.81. The van der Waals surface area contributed by atoms with E-state index in [0.29, 0.717) is 24.6 Å². The summed E-state index contributed by atoms with van der Waals surface area (Å²) in [5, 5.41) is 12.5. The van der Waals surface area contributed by atoms with Crippen molar-refractivity contribution in [3.63, 3.8) is 0 Å². The van der Waals surface area contributed by atoms with Gasteiger partial charge in [0.25, 0.3) is 5.91 Å². The number of nitrogens with one attached hydrogen (secondary N) is 1. The Morgan fingerprint density at radius 1 is 1.23 bits per heavy atom. The van der Waals surface area contributed by atoms with Gasteiger partial charge in [-0.05, 0) is 35.9 Å². The smallest absolute Gasteiger partial charge is 0.251 e. The summed E-state index contributed by atoms with van der Waals surface area (Å²) in [6, 6.07) is 15.2. The molecule has 0 aliphatic carbocycles. The number of nitrogens with zero attached hydrogens (tertiary/aromatic N) is 1. The Morgan fingerprint density at radius 2 is 2.00 bits per heavy atom. The van der Waals surface area contributed by atoms with Crippen LogP contribution in [-0.2, 0) is 11.3 Å². The summed E-state index contributed by atoms with van der Waals surface area (Å²) >= 11 is 0. The van der Waals surface area contributed by atoms with Gasteiger partial charge < -0.3 is 20.1 Å². The van der Waals surface area contributed by atoms with Gasteiger partial charge in [-0.25, -0.2) is 0 Å². The Labute approximate surface area is 154 Å². The number of amides is 1. The third kappa shape index (κ3) is 4.69. The first-order chi connectivity index (χ1) is 12.7. The Kier molecular flexibility index (Phi) is 6.39. The Balaban J connectivity index is 1.62. The zero-order valence-corrected chi connectivity index (χ0v) is 15.1. The molecule has 5 nitrogen and oxygen atoms in total. The molecule has 0 spiro atoms. The summed E-state index contributed by atoms with van der Waals surface area (Å²) in [7, 11) is 2.08. The van der Waals surface area contributed by atoms with Crippen LogP contribution in [0.4, 0.5) is 0 Å². The van der Waals surface area contributed by atoms with Crippen LogP contribution in [0.15, 0.2) is 48.5 Å². The van der Waals surface area contributed by atoms with Crippen molar-refractivity contribution in [2.75, 3.05) is 39.9 Å². The molecule has 1 aliphatic heterocycles. The summed E-state index contributed by atoms with van der Waals surface area (Å²) in [6.07, 6.45) is 0. The van der Waals surface area contributed by atoms with Crippen molar-refractivity contribution in [2.45, 2.75) is 6.61 Å². The van der Waals surface area contributed by atoms with E-state index in [9.17, 15) is 9.90 Å². The van der Waals surface area contributed by atoms with Crippen molar-refractivity contribution in [1.82, 2.24) is 10.2 Å². The maximum absolute atomic E-state index is 12.4. The summed E-state index contributed by atoms with van der Waals surface area (Å²) in [5.41, 5.74) is 3.49. The Bertz CT molecular complexity index is 730. The number of carbonyl (C=O) groups excluding carboxylic acids is 1. The molecule has 1 saturated heterocycles. The van der Waals surface area contributed by atoms with E-state index in [2.05, 4.69) is 17.3 Å². The predicted molar refractivity (Wildman–Crippen MR) is 102 cm³/mol. The molecule has 1 heterocycles. The van der Waals surface area contributed by atoms with Crippen molar-refractivity contribution >= 4 is 5.91 Å². The van der Waals surface area contributed by atoms with Gasteiger partial charge in [0.2, 0.25) is 0 Å². The van der Waals surface area contributed by atoms with Gasteiger partial charge in [0.05, 0.1) is 19.8 Å². The van der Waals surface area contributed by atoms with E-state index in [1.54, 1.807) is 0 Å². The highest BCUT2D eigenvalue weighted by Crippen LogP contribution is 2.24. The van der Waals surface area contributed by atoms with Gasteiger partial charge in [-0.15, -0.1) is 0 Å². The highest BCUT2D eigenvalue weighted by Gasteiger charge is 2.17. The number of rotatable bonds is 5. The van der Waals surface area contributed by atoms with Crippen molar-refractivity contribution in [1.29, 1.82) is 0 Å². The number of ether oxygens (including phenoxy) is 1. The van der Waals surface area contributed by atoms with Gasteiger partial charge in [-0.1, -0.05) is 36.4 Å². The van der Waals surface area contributed by atoms with Gasteiger partial charge in [0, 0.05) is 31.1 Å². The van der Waals surface area contributed by atoms with Crippen LogP contribution in [0.2, 0.25) is 0 Å². The molecule has 1 atom stereocenters. The molecule has 0 aromatic heterocycles. The van der Waals surface area contributed by atoms with E-state index in [1.807, 2.05) is 48.5 Å². The van der Waals surface area contributed by atoms with Crippen LogP contribution < -0.4 is 5.32 Å². The van der Waals surface area contributed by atoms with E-state index in [0.717, 1.165) is 36.4 Å². The number of hydrogen-bond donors (Lipinski definition) is 2. The Morgan fingerprint density at radius 3 is 2.77 bits per heavy atom. The molecule has 2 aromatic carbocycles. The summed E-state index contributed by atoms with van der Waals surface area (Å²) in [6.45, 7) is 3.90. The van der Waals surface area contributed by atoms with E-state index in [4.69, 9.17) is 4.74 Å². The van der Waals surface area contributed by atoms with Crippen LogP contribution in [0, 0.1) is 5.92 Å². The average molecular weight is 354 g/mol. The third-order valence-corrected chi connectivity index (χ3v) is 4.74. The monoisotopic (exact) mass is 354 g/mol. The standard InChI is InChI=1S/C21H26N2O3/c1-23-10-11-26-15-16(13-23)12-22-21(25)18-8-6-17(7-9-18)20-5-3-2-4-19(20)14-24/h2-9,16,24H,10-15H2,1H3,(H,22,25)/t16-/m0/s1. The minimum absolute atomic E-state index is 0.00365. The third-order valence-electron chi connectivity index (χ3n) is 4.74. The molecule has 1 amide bonds. The van der Waals surface area contributed by atoms with E-state index < -0.39 is 0 Å². The molecular weight excluding hydrogens is 328 g/mol. The zero-order valence-electron chi connectivity index (χ0n) is 15.1. The molecular formula is C21H26N2O3. The molecule has 0 radical (unpaired) electrons. The molecule has 0 bridgehead atoms. The van der Waals surface area contributed by atoms with Gasteiger partial charge in [-0.3, -0.25) is 4.79 Å². The van der Waals surface area contributed by atoms with Crippen LogP contribution in [-0.4, -0.2) is 55.8 Å². The molecule has 26 heavy (non-hydrogen) atoms. The molecule has 138 valence electrons. The normalized spacial score (nSPS) is 18.3. The maximum Gasteiger partial charge on any atom is 0.251 e. The molecule has 1 aliphatic rings. The maximum atomic E-state index is 12.4. The van der Waals surface area contributed by atoms with Crippen molar-refractivity contribution in [2.24, 2.45) is 5.92 Å². The lowest BCUT2D eigenvalue weighted by atomic mass is 9.99. The SMILES string of the molecule is CN1CCOC[C@@H](CNC(=O)c2ccc(-c3ccccc3CO)cc2)C1. The highest BCUT2D eigenvalue weighted by atomic mass is 16.5. The van der Waals surface area contributed by atoms with Crippen LogP contribution in [0.5, 0.6) is 0 Å². The quantitative estimate of drug-likeness (QED) is 0.864. The van der Waals surface area contributed by atoms with Gasteiger partial charge in [0.1, 0.15) is 0 Å². The van der Waals surface area contributed by atoms with Crippen molar-refractivity contribution in [3.8, 4) is 11.1 Å². The first kappa shape index (κ1) is 18.6. The minimum Gasteiger partial charge on any atom is -0.392 e. The van der Waals surface area contributed by atoms with Crippen molar-refractivity contribution < 1.29 is 14.6 Å². The Hall–Kier alpha value is -2.21. The molecule has 3 rings (SSSR count). The largest absolute Gasteiger partial charge is 0.392 e.